The van der Waals surface area contributed by atoms with Gasteiger partial charge in [-0.2, -0.15) is 4.31 Å². The largest absolute Gasteiger partial charge is 0.243 e. The minimum Gasteiger partial charge on any atom is -0.228 e. The molecular formula is C20H24FNO4S2. The average molecular weight is 426 g/mol. The highest BCUT2D eigenvalue weighted by atomic mass is 32.2. The molecule has 0 radical (unpaired) electrons. The maximum Gasteiger partial charge on any atom is 0.243 e. The van der Waals surface area contributed by atoms with Gasteiger partial charge in [-0.25, -0.2) is 21.2 Å². The first kappa shape index (κ1) is 21.0. The highest BCUT2D eigenvalue weighted by Gasteiger charge is 2.43. The Morgan fingerprint density at radius 2 is 1.39 bits per heavy atom. The molecule has 2 aromatic rings. The van der Waals surface area contributed by atoms with Crippen LogP contribution in [-0.2, 0) is 19.9 Å². The number of sulfone groups is 1. The van der Waals surface area contributed by atoms with Gasteiger partial charge in [-0.1, -0.05) is 24.3 Å². The van der Waals surface area contributed by atoms with Gasteiger partial charge in [0.25, 0.3) is 0 Å². The van der Waals surface area contributed by atoms with Gasteiger partial charge in [0.1, 0.15) is 5.82 Å². The summed E-state index contributed by atoms with van der Waals surface area (Å²) in [5.41, 5.74) is 1.55. The summed E-state index contributed by atoms with van der Waals surface area (Å²) in [5.74, 6) is -0.336. The third-order valence-electron chi connectivity index (χ3n) is 5.07. The predicted molar refractivity (Wildman–Crippen MR) is 108 cm³/mol. The van der Waals surface area contributed by atoms with E-state index < -0.39 is 29.9 Å². The molecule has 0 bridgehead atoms. The fraction of sp³-hybridized carbons (Fsp3) is 0.400. The van der Waals surface area contributed by atoms with Crippen molar-refractivity contribution in [2.75, 3.05) is 13.1 Å². The Bertz CT molecular complexity index is 1050. The highest BCUT2D eigenvalue weighted by Crippen LogP contribution is 2.31. The van der Waals surface area contributed by atoms with Crippen molar-refractivity contribution in [1.82, 2.24) is 4.31 Å². The summed E-state index contributed by atoms with van der Waals surface area (Å²) in [6.07, 6.45) is 0.298. The van der Waals surface area contributed by atoms with Crippen LogP contribution in [0.5, 0.6) is 0 Å². The quantitative estimate of drug-likeness (QED) is 0.752. The Kier molecular flexibility index (Phi) is 5.42. The van der Waals surface area contributed by atoms with Gasteiger partial charge in [-0.15, -0.1) is 0 Å². The summed E-state index contributed by atoms with van der Waals surface area (Å²) in [6.45, 7) is 5.05. The summed E-state index contributed by atoms with van der Waals surface area (Å²) in [7, 11) is -7.21. The molecular weight excluding hydrogens is 401 g/mol. The molecule has 0 spiro atoms. The number of hydrogen-bond acceptors (Lipinski definition) is 4. The second-order valence-corrected chi connectivity index (χ2v) is 12.9. The van der Waals surface area contributed by atoms with E-state index >= 15 is 0 Å². The SMILES string of the molecule is CC(C)(C)S(=O)(=O)[C@@H]1CCN(S(=O)(=O)c2ccc(-c3ccc(F)cc3)cc2)C1. The Balaban J connectivity index is 1.81. The third kappa shape index (κ3) is 3.86. The molecule has 3 rings (SSSR count). The van der Waals surface area contributed by atoms with Gasteiger partial charge in [0.2, 0.25) is 10.0 Å². The van der Waals surface area contributed by atoms with Gasteiger partial charge in [0.15, 0.2) is 9.84 Å². The summed E-state index contributed by atoms with van der Waals surface area (Å²) in [5, 5.41) is -0.694. The first-order valence-electron chi connectivity index (χ1n) is 9.02. The van der Waals surface area contributed by atoms with E-state index in [1.54, 1.807) is 45.0 Å². The van der Waals surface area contributed by atoms with Crippen molar-refractivity contribution >= 4 is 19.9 Å². The van der Waals surface area contributed by atoms with Gasteiger partial charge in [0.05, 0.1) is 14.9 Å². The van der Waals surface area contributed by atoms with Crippen LogP contribution in [0.25, 0.3) is 11.1 Å². The number of hydrogen-bond donors (Lipinski definition) is 0. The zero-order chi connectivity index (χ0) is 20.7. The molecule has 1 aliphatic rings. The van der Waals surface area contributed by atoms with E-state index in [1.807, 2.05) is 0 Å². The van der Waals surface area contributed by atoms with Gasteiger partial charge >= 0.3 is 0 Å². The molecule has 0 N–H and O–H groups in total. The Labute approximate surface area is 166 Å². The number of sulfonamides is 1. The molecule has 28 heavy (non-hydrogen) atoms. The second kappa shape index (κ2) is 7.24. The van der Waals surface area contributed by atoms with Crippen LogP contribution in [0, 0.1) is 5.82 Å². The topological polar surface area (TPSA) is 71.5 Å². The standard InChI is InChI=1S/C20H24FNO4S2/c1-20(2,3)27(23,24)19-12-13-22(14-19)28(25,26)18-10-6-16(7-11-18)15-4-8-17(21)9-5-15/h4-11,19H,12-14H2,1-3H3/t19-/m1/s1. The summed E-state index contributed by atoms with van der Waals surface area (Å²) in [4.78, 5) is 0.118. The van der Waals surface area contributed by atoms with Crippen molar-refractivity contribution in [3.63, 3.8) is 0 Å². The molecule has 8 heteroatoms. The maximum atomic E-state index is 13.1. The summed E-state index contributed by atoms with van der Waals surface area (Å²) in [6, 6.07) is 12.3. The van der Waals surface area contributed by atoms with E-state index in [0.717, 1.165) is 11.1 Å². The normalized spacial score (nSPS) is 19.1. The molecule has 5 nitrogen and oxygen atoms in total. The van der Waals surface area contributed by atoms with Crippen LogP contribution in [0.1, 0.15) is 27.2 Å². The second-order valence-electron chi connectivity index (χ2n) is 7.96. The van der Waals surface area contributed by atoms with Gasteiger partial charge < -0.3 is 0 Å². The molecule has 0 unspecified atom stereocenters. The Morgan fingerprint density at radius 1 is 0.893 bits per heavy atom. The first-order chi connectivity index (χ1) is 12.9. The molecule has 1 saturated heterocycles. The van der Waals surface area contributed by atoms with E-state index in [1.165, 1.54) is 28.6 Å². The van der Waals surface area contributed by atoms with Crippen LogP contribution in [0.2, 0.25) is 0 Å². The van der Waals surface area contributed by atoms with E-state index in [0.29, 0.717) is 6.42 Å². The zero-order valence-corrected chi connectivity index (χ0v) is 17.7. The smallest absolute Gasteiger partial charge is 0.228 e. The number of nitrogens with zero attached hydrogens (tertiary/aromatic N) is 1. The van der Waals surface area contributed by atoms with Crippen LogP contribution < -0.4 is 0 Å². The molecule has 1 aliphatic heterocycles. The van der Waals surface area contributed by atoms with E-state index in [4.69, 9.17) is 0 Å². The molecule has 1 heterocycles. The molecule has 1 atom stereocenters. The summed E-state index contributed by atoms with van der Waals surface area (Å²) < 4.78 is 64.5. The van der Waals surface area contributed by atoms with Crippen LogP contribution in [-0.4, -0.2) is 44.2 Å². The lowest BCUT2D eigenvalue weighted by atomic mass is 10.1. The average Bonchev–Trinajstić information content (AvgIpc) is 3.13. The van der Waals surface area contributed by atoms with Crippen LogP contribution in [0.15, 0.2) is 53.4 Å². The van der Waals surface area contributed by atoms with Crippen molar-refractivity contribution in [2.24, 2.45) is 0 Å². The monoisotopic (exact) mass is 425 g/mol. The first-order valence-corrected chi connectivity index (χ1v) is 12.0. The van der Waals surface area contributed by atoms with Crippen molar-refractivity contribution in [3.8, 4) is 11.1 Å². The number of rotatable bonds is 4. The van der Waals surface area contributed by atoms with E-state index in [2.05, 4.69) is 0 Å². The minimum atomic E-state index is -3.77. The number of halogens is 1. The van der Waals surface area contributed by atoms with Crippen LogP contribution in [0.4, 0.5) is 4.39 Å². The maximum absolute atomic E-state index is 13.1. The molecule has 0 saturated carbocycles. The van der Waals surface area contributed by atoms with Crippen molar-refractivity contribution in [3.05, 3.63) is 54.3 Å². The van der Waals surface area contributed by atoms with Gasteiger partial charge in [0, 0.05) is 13.1 Å². The molecule has 152 valence electrons. The minimum absolute atomic E-state index is 0.0261. The van der Waals surface area contributed by atoms with E-state index in [9.17, 15) is 21.2 Å². The highest BCUT2D eigenvalue weighted by molar-refractivity contribution is 7.93. The summed E-state index contributed by atoms with van der Waals surface area (Å²) >= 11 is 0. The zero-order valence-electron chi connectivity index (χ0n) is 16.1. The Hall–Kier alpha value is -1.77. The molecule has 0 aromatic heterocycles. The lowest BCUT2D eigenvalue weighted by Gasteiger charge is -2.24. The lowest BCUT2D eigenvalue weighted by molar-refractivity contribution is 0.475. The Morgan fingerprint density at radius 3 is 1.89 bits per heavy atom. The van der Waals surface area contributed by atoms with Crippen molar-refractivity contribution in [1.29, 1.82) is 0 Å². The fourth-order valence-electron chi connectivity index (χ4n) is 3.28. The van der Waals surface area contributed by atoms with Gasteiger partial charge in [-0.05, 0) is 62.6 Å². The fourth-order valence-corrected chi connectivity index (χ4v) is 6.67. The molecule has 0 aliphatic carbocycles. The van der Waals surface area contributed by atoms with Crippen LogP contribution >= 0.6 is 0 Å². The predicted octanol–water partition coefficient (Wildman–Crippen LogP) is 3.47. The van der Waals surface area contributed by atoms with Crippen molar-refractivity contribution in [2.45, 2.75) is 42.1 Å². The number of benzene rings is 2. The van der Waals surface area contributed by atoms with Gasteiger partial charge in [-0.3, -0.25) is 0 Å². The van der Waals surface area contributed by atoms with Crippen LogP contribution in [0.3, 0.4) is 0 Å². The lowest BCUT2D eigenvalue weighted by Crippen LogP contribution is -2.39. The third-order valence-corrected chi connectivity index (χ3v) is 9.92. The molecule has 0 amide bonds. The molecule has 1 fully saturated rings. The van der Waals surface area contributed by atoms with Crippen molar-refractivity contribution < 1.29 is 21.2 Å². The van der Waals surface area contributed by atoms with E-state index in [-0.39, 0.29) is 23.8 Å². The molecule has 2 aromatic carbocycles.